The summed E-state index contributed by atoms with van der Waals surface area (Å²) < 4.78 is 9.92. The molecule has 0 bridgehead atoms. The Bertz CT molecular complexity index is 601. The molecule has 0 atom stereocenters. The van der Waals surface area contributed by atoms with Crippen molar-refractivity contribution in [2.45, 2.75) is 6.92 Å². The number of aromatic nitrogens is 1. The number of hydrogen-bond acceptors (Lipinski definition) is 6. The first-order chi connectivity index (χ1) is 9.19. The van der Waals surface area contributed by atoms with Gasteiger partial charge in [0.2, 0.25) is 0 Å². The van der Waals surface area contributed by atoms with Gasteiger partial charge >= 0.3 is 5.97 Å². The molecule has 2 rings (SSSR count). The van der Waals surface area contributed by atoms with Gasteiger partial charge in [0.1, 0.15) is 0 Å². The summed E-state index contributed by atoms with van der Waals surface area (Å²) in [5.74, 6) is 1.62. The van der Waals surface area contributed by atoms with Gasteiger partial charge in [-0.15, -0.1) is 0 Å². The van der Waals surface area contributed by atoms with Gasteiger partial charge in [-0.25, -0.2) is 9.59 Å². The van der Waals surface area contributed by atoms with Crippen molar-refractivity contribution in [1.82, 2.24) is 4.98 Å². The summed E-state index contributed by atoms with van der Waals surface area (Å²) in [4.78, 5) is 26.5. The number of anilines is 1. The number of esters is 1. The molecule has 98 valence electrons. The first-order valence-corrected chi connectivity index (χ1v) is 5.65. The first kappa shape index (κ1) is 12.9. The number of ether oxygens (including phenoxy) is 2. The molecule has 6 heteroatoms. The van der Waals surface area contributed by atoms with E-state index in [1.54, 1.807) is 25.0 Å². The van der Waals surface area contributed by atoms with Crippen molar-refractivity contribution in [1.29, 1.82) is 0 Å². The lowest BCUT2D eigenvalue weighted by atomic mass is 10.1. The lowest BCUT2D eigenvalue weighted by Crippen LogP contribution is -2.13. The predicted molar refractivity (Wildman–Crippen MR) is 68.0 cm³/mol. The molecule has 0 fully saturated rings. The molecular weight excluding hydrogens is 248 g/mol. The van der Waals surface area contributed by atoms with Gasteiger partial charge in [0.15, 0.2) is 17.4 Å². The molecular formula is C13H12N2O4. The Balaban J connectivity index is 2.41. The van der Waals surface area contributed by atoms with Gasteiger partial charge in [-0.05, 0) is 13.0 Å². The van der Waals surface area contributed by atoms with Crippen LogP contribution in [0.15, 0.2) is 23.7 Å². The van der Waals surface area contributed by atoms with Crippen molar-refractivity contribution in [2.75, 3.05) is 19.0 Å². The van der Waals surface area contributed by atoms with Crippen LogP contribution in [0.3, 0.4) is 0 Å². The molecule has 1 aromatic rings. The maximum absolute atomic E-state index is 11.6. The number of pyridine rings is 1. The molecule has 0 radical (unpaired) electrons. The van der Waals surface area contributed by atoms with Crippen molar-refractivity contribution in [3.63, 3.8) is 0 Å². The topological polar surface area (TPSA) is 77.5 Å². The van der Waals surface area contributed by atoms with E-state index in [0.29, 0.717) is 22.7 Å². The van der Waals surface area contributed by atoms with Crippen LogP contribution in [0.5, 0.6) is 0 Å². The van der Waals surface area contributed by atoms with E-state index < -0.39 is 5.97 Å². The van der Waals surface area contributed by atoms with E-state index in [2.05, 4.69) is 10.3 Å². The highest BCUT2D eigenvalue weighted by molar-refractivity contribution is 5.92. The first-order valence-electron chi connectivity index (χ1n) is 5.65. The monoisotopic (exact) mass is 260 g/mol. The van der Waals surface area contributed by atoms with Gasteiger partial charge in [0.25, 0.3) is 0 Å². The van der Waals surface area contributed by atoms with Gasteiger partial charge in [-0.3, -0.25) is 4.98 Å². The molecule has 0 spiro atoms. The second-order valence-electron chi connectivity index (χ2n) is 3.69. The Morgan fingerprint density at radius 3 is 2.95 bits per heavy atom. The fraction of sp³-hybridized carbons (Fsp3) is 0.231. The van der Waals surface area contributed by atoms with Crippen molar-refractivity contribution >= 4 is 23.7 Å². The van der Waals surface area contributed by atoms with E-state index in [4.69, 9.17) is 9.47 Å². The van der Waals surface area contributed by atoms with Crippen LogP contribution in [0.1, 0.15) is 23.0 Å². The molecule has 19 heavy (non-hydrogen) atoms. The van der Waals surface area contributed by atoms with Crippen LogP contribution in [-0.2, 0) is 14.3 Å². The summed E-state index contributed by atoms with van der Waals surface area (Å²) in [5, 5.41) is 2.81. The quantitative estimate of drug-likeness (QED) is 0.653. The molecule has 0 aromatic carbocycles. The molecule has 1 aromatic heterocycles. The van der Waals surface area contributed by atoms with Gasteiger partial charge < -0.3 is 14.8 Å². The minimum absolute atomic E-state index is 0.165. The van der Waals surface area contributed by atoms with Crippen LogP contribution >= 0.6 is 0 Å². The van der Waals surface area contributed by atoms with Crippen LogP contribution in [0.2, 0.25) is 0 Å². The highest BCUT2D eigenvalue weighted by Gasteiger charge is 2.19. The van der Waals surface area contributed by atoms with E-state index in [9.17, 15) is 9.59 Å². The summed E-state index contributed by atoms with van der Waals surface area (Å²) in [7, 11) is 1.45. The zero-order chi connectivity index (χ0) is 13.8. The number of carbonyl (C=O) groups is 1. The van der Waals surface area contributed by atoms with E-state index in [1.807, 2.05) is 0 Å². The standard InChI is InChI=1S/C13H12N2O4/c1-3-19-13(17)8-4-10-9(14-6-8)5-12(18-2)11(7-16)15-10/h4-6,15H,3H2,1-2H3. The van der Waals surface area contributed by atoms with Crippen molar-refractivity contribution in [3.8, 4) is 0 Å². The Kier molecular flexibility index (Phi) is 3.63. The average Bonchev–Trinajstić information content (AvgIpc) is 2.45. The smallest absolute Gasteiger partial charge is 0.339 e. The molecule has 1 aliphatic rings. The number of carbonyl (C=O) groups excluding carboxylic acids is 2. The summed E-state index contributed by atoms with van der Waals surface area (Å²) in [5.41, 5.74) is 1.58. The maximum Gasteiger partial charge on any atom is 0.339 e. The molecule has 0 aliphatic carbocycles. The molecule has 0 saturated carbocycles. The maximum atomic E-state index is 11.6. The van der Waals surface area contributed by atoms with Crippen molar-refractivity contribution < 1.29 is 19.1 Å². The second kappa shape index (κ2) is 5.37. The van der Waals surface area contributed by atoms with E-state index in [1.165, 1.54) is 13.3 Å². The highest BCUT2D eigenvalue weighted by Crippen LogP contribution is 2.27. The minimum Gasteiger partial charge on any atom is -0.494 e. The Morgan fingerprint density at radius 1 is 1.53 bits per heavy atom. The molecule has 1 N–H and O–H groups in total. The molecule has 0 unspecified atom stereocenters. The van der Waals surface area contributed by atoms with Gasteiger partial charge in [-0.2, -0.15) is 0 Å². The lowest BCUT2D eigenvalue weighted by Gasteiger charge is -2.17. The molecule has 1 aliphatic heterocycles. The van der Waals surface area contributed by atoms with Crippen LogP contribution in [0.4, 0.5) is 5.69 Å². The van der Waals surface area contributed by atoms with Gasteiger partial charge in [0.05, 0.1) is 30.7 Å². The number of methoxy groups -OCH3 is 1. The Hall–Kier alpha value is -2.59. The van der Waals surface area contributed by atoms with E-state index in [-0.39, 0.29) is 12.3 Å². The number of rotatable bonds is 3. The summed E-state index contributed by atoms with van der Waals surface area (Å²) >= 11 is 0. The third-order valence-electron chi connectivity index (χ3n) is 2.53. The van der Waals surface area contributed by atoms with Crippen molar-refractivity contribution in [2.24, 2.45) is 0 Å². The van der Waals surface area contributed by atoms with Crippen molar-refractivity contribution in [3.05, 3.63) is 35.0 Å². The number of hydrogen-bond donors (Lipinski definition) is 1. The normalized spacial score (nSPS) is 12.7. The molecule has 6 nitrogen and oxygen atoms in total. The Morgan fingerprint density at radius 2 is 2.32 bits per heavy atom. The van der Waals surface area contributed by atoms with Crippen LogP contribution in [-0.4, -0.2) is 30.6 Å². The molecule has 0 saturated heterocycles. The fourth-order valence-corrected chi connectivity index (χ4v) is 1.65. The number of nitrogens with zero attached hydrogens (tertiary/aromatic N) is 1. The van der Waals surface area contributed by atoms with E-state index in [0.717, 1.165) is 0 Å². The average molecular weight is 260 g/mol. The summed E-state index contributed by atoms with van der Waals surface area (Å²) in [6, 6.07) is 1.57. The van der Waals surface area contributed by atoms with Gasteiger partial charge in [-0.1, -0.05) is 0 Å². The zero-order valence-corrected chi connectivity index (χ0v) is 10.5. The summed E-state index contributed by atoms with van der Waals surface area (Å²) in [6.07, 6.45) is 3.01. The largest absolute Gasteiger partial charge is 0.494 e. The van der Waals surface area contributed by atoms with Crippen LogP contribution in [0, 0.1) is 0 Å². The zero-order valence-electron chi connectivity index (χ0n) is 10.5. The second-order valence-corrected chi connectivity index (χ2v) is 3.69. The van der Waals surface area contributed by atoms with E-state index >= 15 is 0 Å². The van der Waals surface area contributed by atoms with Crippen LogP contribution in [0.25, 0.3) is 6.08 Å². The Labute approximate surface area is 109 Å². The third kappa shape index (κ3) is 2.48. The van der Waals surface area contributed by atoms with Gasteiger partial charge in [0, 0.05) is 12.3 Å². The SMILES string of the molecule is CCOC(=O)c1cnc2c(c1)NC(=C=O)C(OC)=C2. The third-order valence-corrected chi connectivity index (χ3v) is 2.53. The number of nitrogens with one attached hydrogen (secondary N) is 1. The lowest BCUT2D eigenvalue weighted by molar-refractivity contribution is 0.0526. The van der Waals surface area contributed by atoms with Crippen LogP contribution < -0.4 is 5.32 Å². The fourth-order valence-electron chi connectivity index (χ4n) is 1.65. The number of fused-ring (bicyclic) bond motifs is 1. The molecule has 0 amide bonds. The summed E-state index contributed by atoms with van der Waals surface area (Å²) in [6.45, 7) is 2.01. The molecule has 2 heterocycles. The predicted octanol–water partition coefficient (Wildman–Crippen LogP) is 1.39. The highest BCUT2D eigenvalue weighted by atomic mass is 16.5. The minimum atomic E-state index is -0.460.